The topological polar surface area (TPSA) is 71.4 Å². The van der Waals surface area contributed by atoms with Gasteiger partial charge in [-0.05, 0) is 43.5 Å². The van der Waals surface area contributed by atoms with Crippen molar-refractivity contribution < 1.29 is 19.0 Å². The van der Waals surface area contributed by atoms with Crippen molar-refractivity contribution in [2.24, 2.45) is 0 Å². The first kappa shape index (κ1) is 19.9. The zero-order valence-electron chi connectivity index (χ0n) is 16.0. The fourth-order valence-electron chi connectivity index (χ4n) is 3.33. The molecule has 0 saturated carbocycles. The summed E-state index contributed by atoms with van der Waals surface area (Å²) in [6, 6.07) is 18.6. The van der Waals surface area contributed by atoms with Gasteiger partial charge in [0.15, 0.2) is 5.78 Å². The molecule has 0 aromatic heterocycles. The number of benzene rings is 3. The summed E-state index contributed by atoms with van der Waals surface area (Å²) in [5, 5.41) is 0.124. The number of carbonyl (C=O) groups excluding carboxylic acids is 2. The normalized spacial score (nSPS) is 13.0. The molecule has 0 heterocycles. The van der Waals surface area contributed by atoms with E-state index in [1.165, 1.54) is 6.07 Å². The Kier molecular flexibility index (Phi) is 5.46. The van der Waals surface area contributed by atoms with E-state index in [0.29, 0.717) is 27.8 Å². The fraction of sp³-hybridized carbons (Fsp3) is 0.130. The van der Waals surface area contributed by atoms with Gasteiger partial charge in [0, 0.05) is 22.0 Å². The highest BCUT2D eigenvalue weighted by Gasteiger charge is 2.36. The Morgan fingerprint density at radius 1 is 0.786 bits per heavy atom. The lowest BCUT2D eigenvalue weighted by molar-refractivity contribution is 0.103. The van der Waals surface area contributed by atoms with Crippen molar-refractivity contribution in [1.29, 1.82) is 0 Å². The quantitative estimate of drug-likeness (QED) is 0.510. The van der Waals surface area contributed by atoms with Crippen LogP contribution in [0.4, 0.5) is 0 Å². The van der Waals surface area contributed by atoms with E-state index < -0.39 is 12.9 Å². The van der Waals surface area contributed by atoms with Gasteiger partial charge in [-0.25, -0.2) is 0 Å². The molecule has 0 amide bonds. The minimum absolute atomic E-state index is 0.124. The minimum atomic E-state index is -4.32. The summed E-state index contributed by atoms with van der Waals surface area (Å²) in [5.74, 6) is -0.226. The van der Waals surface area contributed by atoms with Crippen LogP contribution < -0.4 is 5.30 Å². The first-order valence-corrected chi connectivity index (χ1v) is 10.5. The monoisotopic (exact) mass is 392 g/mol. The summed E-state index contributed by atoms with van der Waals surface area (Å²) < 4.78 is 13.1. The number of hydrogen-bond acceptors (Lipinski definition) is 3. The number of carbonyl (C=O) groups is 2. The van der Waals surface area contributed by atoms with Gasteiger partial charge in [-0.3, -0.25) is 14.2 Å². The number of rotatable bonds is 5. The lowest BCUT2D eigenvalue weighted by Gasteiger charge is -2.17. The third-order valence-electron chi connectivity index (χ3n) is 4.89. The summed E-state index contributed by atoms with van der Waals surface area (Å²) in [6.45, 7) is 5.05. The van der Waals surface area contributed by atoms with Gasteiger partial charge in [0.05, 0.1) is 0 Å². The number of ketones is 1. The van der Waals surface area contributed by atoms with Gasteiger partial charge < -0.3 is 4.89 Å². The highest BCUT2D eigenvalue weighted by molar-refractivity contribution is 7.82. The summed E-state index contributed by atoms with van der Waals surface area (Å²) in [7, 11) is -4.32. The molecular weight excluding hydrogens is 371 g/mol. The van der Waals surface area contributed by atoms with Crippen molar-refractivity contribution in [2.75, 3.05) is 0 Å². The molecule has 1 atom stereocenters. The first-order chi connectivity index (χ1) is 13.2. The number of hydrogen-bond donors (Lipinski definition) is 1. The molecule has 0 aliphatic heterocycles. The minimum Gasteiger partial charge on any atom is -0.336 e. The lowest BCUT2D eigenvalue weighted by atomic mass is 9.93. The Morgan fingerprint density at radius 2 is 1.39 bits per heavy atom. The van der Waals surface area contributed by atoms with E-state index in [1.54, 1.807) is 75.4 Å². The van der Waals surface area contributed by atoms with Crippen molar-refractivity contribution in [2.45, 2.75) is 20.8 Å². The van der Waals surface area contributed by atoms with Crippen LogP contribution in [-0.2, 0) is 4.57 Å². The maximum atomic E-state index is 13.1. The summed E-state index contributed by atoms with van der Waals surface area (Å²) >= 11 is 0. The van der Waals surface area contributed by atoms with E-state index in [-0.39, 0.29) is 16.7 Å². The molecular formula is C23H21O4P. The highest BCUT2D eigenvalue weighted by Crippen LogP contribution is 2.45. The Labute approximate surface area is 164 Å². The van der Waals surface area contributed by atoms with Crippen molar-refractivity contribution in [3.05, 3.63) is 100 Å². The average molecular weight is 392 g/mol. The molecule has 1 unspecified atom stereocenters. The molecule has 0 radical (unpaired) electrons. The Bertz CT molecular complexity index is 1120. The zero-order chi connectivity index (χ0) is 20.5. The predicted molar refractivity (Wildman–Crippen MR) is 111 cm³/mol. The molecule has 3 aromatic carbocycles. The molecule has 28 heavy (non-hydrogen) atoms. The van der Waals surface area contributed by atoms with E-state index in [9.17, 15) is 19.0 Å². The van der Waals surface area contributed by atoms with Gasteiger partial charge in [-0.1, -0.05) is 60.7 Å². The van der Waals surface area contributed by atoms with Crippen molar-refractivity contribution in [3.8, 4) is 0 Å². The lowest BCUT2D eigenvalue weighted by Crippen LogP contribution is -2.18. The Balaban J connectivity index is 2.12. The third kappa shape index (κ3) is 3.49. The second-order valence-electron chi connectivity index (χ2n) is 6.79. The van der Waals surface area contributed by atoms with Crippen LogP contribution in [0.25, 0.3) is 0 Å². The van der Waals surface area contributed by atoms with Crippen LogP contribution in [0.2, 0.25) is 0 Å². The molecule has 0 fully saturated rings. The zero-order valence-corrected chi connectivity index (χ0v) is 16.9. The maximum Gasteiger partial charge on any atom is 0.298 e. The van der Waals surface area contributed by atoms with Crippen LogP contribution >= 0.6 is 7.37 Å². The molecule has 3 rings (SSSR count). The second-order valence-corrected chi connectivity index (χ2v) is 8.83. The van der Waals surface area contributed by atoms with Gasteiger partial charge in [0.25, 0.3) is 12.9 Å². The SMILES string of the molecule is Cc1ccccc1P(=O)(O)C(=O)c1c(C)ccc(C(=O)c2ccccc2)c1C. The van der Waals surface area contributed by atoms with E-state index in [0.717, 1.165) is 0 Å². The van der Waals surface area contributed by atoms with Crippen LogP contribution in [0, 0.1) is 20.8 Å². The van der Waals surface area contributed by atoms with Crippen molar-refractivity contribution in [3.63, 3.8) is 0 Å². The molecule has 0 aliphatic carbocycles. The van der Waals surface area contributed by atoms with Crippen LogP contribution in [0.1, 0.15) is 43.0 Å². The van der Waals surface area contributed by atoms with Crippen LogP contribution in [-0.4, -0.2) is 16.2 Å². The second kappa shape index (κ2) is 7.67. The van der Waals surface area contributed by atoms with Gasteiger partial charge in [-0.15, -0.1) is 0 Å². The van der Waals surface area contributed by atoms with Crippen LogP contribution in [0.15, 0.2) is 66.7 Å². The van der Waals surface area contributed by atoms with Gasteiger partial charge in [0.1, 0.15) is 0 Å². The number of aryl methyl sites for hydroxylation is 2. The summed E-state index contributed by atoms with van der Waals surface area (Å²) in [6.07, 6.45) is 0. The predicted octanol–water partition coefficient (Wildman–Crippen LogP) is 4.58. The molecule has 142 valence electrons. The smallest absolute Gasteiger partial charge is 0.298 e. The largest absolute Gasteiger partial charge is 0.336 e. The fourth-order valence-corrected chi connectivity index (χ4v) is 5.04. The van der Waals surface area contributed by atoms with Gasteiger partial charge in [-0.2, -0.15) is 0 Å². The van der Waals surface area contributed by atoms with E-state index in [4.69, 9.17) is 0 Å². The van der Waals surface area contributed by atoms with Crippen molar-refractivity contribution >= 4 is 24.0 Å². The molecule has 5 heteroatoms. The average Bonchev–Trinajstić information content (AvgIpc) is 2.68. The van der Waals surface area contributed by atoms with Gasteiger partial charge >= 0.3 is 0 Å². The summed E-state index contributed by atoms with van der Waals surface area (Å²) in [5.41, 5.74) is 1.70. The molecule has 4 nitrogen and oxygen atoms in total. The highest BCUT2D eigenvalue weighted by atomic mass is 31.2. The molecule has 1 N–H and O–H groups in total. The van der Waals surface area contributed by atoms with Gasteiger partial charge in [0.2, 0.25) is 0 Å². The maximum absolute atomic E-state index is 13.1. The Hall–Kier alpha value is -2.81. The molecule has 0 spiro atoms. The van der Waals surface area contributed by atoms with E-state index >= 15 is 0 Å². The first-order valence-electron chi connectivity index (χ1n) is 8.89. The molecule has 3 aromatic rings. The van der Waals surface area contributed by atoms with E-state index in [1.807, 2.05) is 6.07 Å². The standard InChI is InChI=1S/C23H21O4P/c1-15-9-7-8-12-20(15)28(26,27)23(25)21-16(2)13-14-19(17(21)3)22(24)18-10-5-4-6-11-18/h4-14H,1-3H3,(H,26,27). The molecule has 0 saturated heterocycles. The van der Waals surface area contributed by atoms with Crippen LogP contribution in [0.5, 0.6) is 0 Å². The third-order valence-corrected chi connectivity index (χ3v) is 6.81. The summed E-state index contributed by atoms with van der Waals surface area (Å²) in [4.78, 5) is 36.7. The molecule has 0 aliphatic rings. The Morgan fingerprint density at radius 3 is 2.04 bits per heavy atom. The molecule has 0 bridgehead atoms. The van der Waals surface area contributed by atoms with E-state index in [2.05, 4.69) is 0 Å². The van der Waals surface area contributed by atoms with Crippen molar-refractivity contribution in [1.82, 2.24) is 0 Å². The van der Waals surface area contributed by atoms with Crippen LogP contribution in [0.3, 0.4) is 0 Å².